The monoisotopic (exact) mass is 186 g/mol. The van der Waals surface area contributed by atoms with Gasteiger partial charge in [-0.05, 0) is 32.7 Å². The van der Waals surface area contributed by atoms with Gasteiger partial charge in [0.05, 0.1) is 7.11 Å². The van der Waals surface area contributed by atoms with E-state index in [0.29, 0.717) is 12.1 Å². The Bertz CT molecular complexity index is 165. The fourth-order valence-corrected chi connectivity index (χ4v) is 1.75. The summed E-state index contributed by atoms with van der Waals surface area (Å²) in [6.07, 6.45) is 4.03. The molecule has 1 rings (SSSR count). The highest BCUT2D eigenvalue weighted by molar-refractivity contribution is 5.67. The van der Waals surface area contributed by atoms with Crippen molar-refractivity contribution in [3.05, 3.63) is 0 Å². The molecule has 1 amide bonds. The van der Waals surface area contributed by atoms with E-state index in [4.69, 9.17) is 0 Å². The van der Waals surface area contributed by atoms with Crippen LogP contribution in [0.1, 0.15) is 25.7 Å². The third-order valence-electron chi connectivity index (χ3n) is 2.64. The largest absolute Gasteiger partial charge is 0.453 e. The van der Waals surface area contributed by atoms with Crippen LogP contribution in [0.5, 0.6) is 0 Å². The summed E-state index contributed by atoms with van der Waals surface area (Å²) in [5, 5.41) is 6.07. The maximum Gasteiger partial charge on any atom is 0.407 e. The molecule has 13 heavy (non-hydrogen) atoms. The average molecular weight is 186 g/mol. The Labute approximate surface area is 79.0 Å². The van der Waals surface area contributed by atoms with Gasteiger partial charge in [0, 0.05) is 12.1 Å². The van der Waals surface area contributed by atoms with Crippen molar-refractivity contribution in [3.63, 3.8) is 0 Å². The van der Waals surface area contributed by atoms with Crippen LogP contribution in [-0.2, 0) is 4.74 Å². The first-order chi connectivity index (χ1) is 6.26. The number of alkyl carbamates (subject to hydrolysis) is 1. The number of carbonyl (C=O) groups excluding carboxylic acids is 1. The molecule has 1 aliphatic rings. The second-order valence-electron chi connectivity index (χ2n) is 3.47. The van der Waals surface area contributed by atoms with Gasteiger partial charge in [0.25, 0.3) is 0 Å². The van der Waals surface area contributed by atoms with Crippen molar-refractivity contribution in [2.75, 3.05) is 14.2 Å². The molecule has 0 saturated heterocycles. The Morgan fingerprint density at radius 3 is 2.23 bits per heavy atom. The fourth-order valence-electron chi connectivity index (χ4n) is 1.75. The third kappa shape index (κ3) is 3.22. The highest BCUT2D eigenvalue weighted by atomic mass is 16.5. The molecule has 0 unspecified atom stereocenters. The first kappa shape index (κ1) is 10.3. The quantitative estimate of drug-likeness (QED) is 0.673. The highest BCUT2D eigenvalue weighted by Crippen LogP contribution is 2.18. The van der Waals surface area contributed by atoms with Gasteiger partial charge in [0.1, 0.15) is 0 Å². The van der Waals surface area contributed by atoms with Crippen molar-refractivity contribution in [3.8, 4) is 0 Å². The Hall–Kier alpha value is -0.770. The van der Waals surface area contributed by atoms with Crippen LogP contribution in [-0.4, -0.2) is 32.3 Å². The normalized spacial score (nSPS) is 28.2. The van der Waals surface area contributed by atoms with Crippen LogP contribution in [0.3, 0.4) is 0 Å². The molecule has 1 saturated carbocycles. The topological polar surface area (TPSA) is 50.4 Å². The van der Waals surface area contributed by atoms with Crippen molar-refractivity contribution in [2.45, 2.75) is 37.8 Å². The van der Waals surface area contributed by atoms with Gasteiger partial charge in [0.2, 0.25) is 0 Å². The number of carbonyl (C=O) groups is 1. The molecule has 0 aliphatic heterocycles. The first-order valence-corrected chi connectivity index (χ1v) is 4.78. The van der Waals surface area contributed by atoms with Crippen molar-refractivity contribution in [2.24, 2.45) is 0 Å². The molecule has 76 valence electrons. The van der Waals surface area contributed by atoms with E-state index >= 15 is 0 Å². The van der Waals surface area contributed by atoms with Gasteiger partial charge in [-0.3, -0.25) is 0 Å². The zero-order chi connectivity index (χ0) is 9.68. The lowest BCUT2D eigenvalue weighted by atomic mass is 9.91. The van der Waals surface area contributed by atoms with E-state index in [1.165, 1.54) is 7.11 Å². The molecule has 0 spiro atoms. The molecule has 1 aliphatic carbocycles. The van der Waals surface area contributed by atoms with E-state index in [0.717, 1.165) is 25.7 Å². The number of amides is 1. The maximum absolute atomic E-state index is 10.9. The van der Waals surface area contributed by atoms with Crippen LogP contribution in [0.2, 0.25) is 0 Å². The molecule has 0 atom stereocenters. The molecule has 4 nitrogen and oxygen atoms in total. The van der Waals surface area contributed by atoms with E-state index in [2.05, 4.69) is 15.4 Å². The maximum atomic E-state index is 10.9. The second-order valence-corrected chi connectivity index (χ2v) is 3.47. The van der Waals surface area contributed by atoms with Crippen molar-refractivity contribution >= 4 is 6.09 Å². The van der Waals surface area contributed by atoms with Gasteiger partial charge < -0.3 is 15.4 Å². The summed E-state index contributed by atoms with van der Waals surface area (Å²) in [7, 11) is 3.38. The minimum atomic E-state index is -0.312. The third-order valence-corrected chi connectivity index (χ3v) is 2.64. The SMILES string of the molecule is CNC1CCC(NC(=O)OC)CC1. The Balaban J connectivity index is 2.21. The van der Waals surface area contributed by atoms with Gasteiger partial charge in [-0.25, -0.2) is 4.79 Å². The molecule has 0 aromatic heterocycles. The van der Waals surface area contributed by atoms with Gasteiger partial charge in [-0.15, -0.1) is 0 Å². The summed E-state index contributed by atoms with van der Waals surface area (Å²) in [5.74, 6) is 0. The zero-order valence-corrected chi connectivity index (χ0v) is 8.30. The lowest BCUT2D eigenvalue weighted by Crippen LogP contribution is -2.41. The predicted octanol–water partition coefficient (Wildman–Crippen LogP) is 0.873. The second kappa shape index (κ2) is 5.07. The molecular formula is C9H18N2O2. The van der Waals surface area contributed by atoms with Gasteiger partial charge in [0.15, 0.2) is 0 Å². The summed E-state index contributed by atoms with van der Waals surface area (Å²) >= 11 is 0. The highest BCUT2D eigenvalue weighted by Gasteiger charge is 2.21. The van der Waals surface area contributed by atoms with E-state index in [1.807, 2.05) is 7.05 Å². The molecule has 0 aromatic rings. The summed E-state index contributed by atoms with van der Waals surface area (Å²) < 4.78 is 4.54. The zero-order valence-electron chi connectivity index (χ0n) is 8.30. The molecular weight excluding hydrogens is 168 g/mol. The lowest BCUT2D eigenvalue weighted by Gasteiger charge is -2.28. The molecule has 0 radical (unpaired) electrons. The number of ether oxygens (including phenoxy) is 1. The van der Waals surface area contributed by atoms with Crippen LogP contribution in [0.4, 0.5) is 4.79 Å². The fraction of sp³-hybridized carbons (Fsp3) is 0.889. The molecule has 0 heterocycles. The van der Waals surface area contributed by atoms with Crippen molar-refractivity contribution in [1.82, 2.24) is 10.6 Å². The molecule has 0 aromatic carbocycles. The van der Waals surface area contributed by atoms with E-state index in [1.54, 1.807) is 0 Å². The van der Waals surface area contributed by atoms with Crippen LogP contribution in [0, 0.1) is 0 Å². The Morgan fingerprint density at radius 1 is 1.23 bits per heavy atom. The van der Waals surface area contributed by atoms with Gasteiger partial charge in [-0.2, -0.15) is 0 Å². The van der Waals surface area contributed by atoms with Gasteiger partial charge in [-0.1, -0.05) is 0 Å². The Morgan fingerprint density at radius 2 is 1.77 bits per heavy atom. The minimum absolute atomic E-state index is 0.303. The molecule has 0 bridgehead atoms. The number of rotatable bonds is 2. The molecule has 4 heteroatoms. The van der Waals surface area contributed by atoms with E-state index in [9.17, 15) is 4.79 Å². The molecule has 2 N–H and O–H groups in total. The van der Waals surface area contributed by atoms with Crippen LogP contribution >= 0.6 is 0 Å². The smallest absolute Gasteiger partial charge is 0.407 e. The lowest BCUT2D eigenvalue weighted by molar-refractivity contribution is 0.162. The summed E-state index contributed by atoms with van der Waals surface area (Å²) in [6.45, 7) is 0. The summed E-state index contributed by atoms with van der Waals surface area (Å²) in [5.41, 5.74) is 0. The predicted molar refractivity (Wildman–Crippen MR) is 50.6 cm³/mol. The van der Waals surface area contributed by atoms with Crippen LogP contribution < -0.4 is 10.6 Å². The first-order valence-electron chi connectivity index (χ1n) is 4.78. The summed E-state index contributed by atoms with van der Waals surface area (Å²) in [4.78, 5) is 10.9. The van der Waals surface area contributed by atoms with E-state index in [-0.39, 0.29) is 6.09 Å². The van der Waals surface area contributed by atoms with Crippen molar-refractivity contribution < 1.29 is 9.53 Å². The van der Waals surface area contributed by atoms with Crippen molar-refractivity contribution in [1.29, 1.82) is 0 Å². The average Bonchev–Trinajstić information content (AvgIpc) is 2.19. The number of methoxy groups -OCH3 is 1. The van der Waals surface area contributed by atoms with Crippen LogP contribution in [0.15, 0.2) is 0 Å². The number of hydrogen-bond acceptors (Lipinski definition) is 3. The minimum Gasteiger partial charge on any atom is -0.453 e. The molecule has 1 fully saturated rings. The Kier molecular flexibility index (Phi) is 4.02. The standard InChI is InChI=1S/C9H18N2O2/c1-10-7-3-5-8(6-4-7)11-9(12)13-2/h7-8,10H,3-6H2,1-2H3,(H,11,12). The number of nitrogens with one attached hydrogen (secondary N) is 2. The van der Waals surface area contributed by atoms with Crippen LogP contribution in [0.25, 0.3) is 0 Å². The van der Waals surface area contributed by atoms with E-state index < -0.39 is 0 Å². The summed E-state index contributed by atoms with van der Waals surface area (Å²) in [6, 6.07) is 0.924. The number of hydrogen-bond donors (Lipinski definition) is 2. The van der Waals surface area contributed by atoms with Gasteiger partial charge >= 0.3 is 6.09 Å².